The normalized spacial score (nSPS) is 27.5. The van der Waals surface area contributed by atoms with E-state index in [-0.39, 0.29) is 6.54 Å². The van der Waals surface area contributed by atoms with Crippen LogP contribution in [0.5, 0.6) is 5.75 Å². The highest BCUT2D eigenvalue weighted by atomic mass is 19.3. The van der Waals surface area contributed by atoms with Crippen LogP contribution in [0.2, 0.25) is 0 Å². The molecule has 2 N–H and O–H groups in total. The smallest absolute Gasteiger partial charge is 0.260 e. The second-order valence-corrected chi connectivity index (χ2v) is 3.77. The summed E-state index contributed by atoms with van der Waals surface area (Å²) in [7, 11) is 1.52. The highest BCUT2D eigenvalue weighted by Gasteiger charge is 2.67. The molecule has 2 nitrogen and oxygen atoms in total. The van der Waals surface area contributed by atoms with Crippen molar-refractivity contribution < 1.29 is 13.5 Å². The summed E-state index contributed by atoms with van der Waals surface area (Å²) >= 11 is 0. The predicted octanol–water partition coefficient (Wildman–Crippen LogP) is 2.00. The molecular formula is C11H13F2NO. The second-order valence-electron chi connectivity index (χ2n) is 3.77. The first kappa shape index (κ1) is 10.4. The molecule has 1 fully saturated rings. The van der Waals surface area contributed by atoms with E-state index in [1.165, 1.54) is 7.11 Å². The Morgan fingerprint density at radius 1 is 1.47 bits per heavy atom. The van der Waals surface area contributed by atoms with Crippen molar-refractivity contribution in [2.45, 2.75) is 11.8 Å². The number of hydrogen-bond donors (Lipinski definition) is 1. The minimum Gasteiger partial charge on any atom is -0.497 e. The predicted molar refractivity (Wildman–Crippen MR) is 53.2 cm³/mol. The summed E-state index contributed by atoms with van der Waals surface area (Å²) in [6, 6.07) is 6.79. The van der Waals surface area contributed by atoms with Gasteiger partial charge >= 0.3 is 0 Å². The summed E-state index contributed by atoms with van der Waals surface area (Å²) < 4.78 is 31.5. The number of benzene rings is 1. The van der Waals surface area contributed by atoms with E-state index in [4.69, 9.17) is 10.5 Å². The summed E-state index contributed by atoms with van der Waals surface area (Å²) in [4.78, 5) is 0. The molecule has 0 saturated heterocycles. The maximum absolute atomic E-state index is 13.3. The van der Waals surface area contributed by atoms with E-state index >= 15 is 0 Å². The molecule has 1 saturated carbocycles. The molecule has 15 heavy (non-hydrogen) atoms. The fourth-order valence-corrected chi connectivity index (χ4v) is 1.97. The number of alkyl halides is 2. The number of hydrogen-bond acceptors (Lipinski definition) is 2. The molecule has 0 heterocycles. The Bertz CT molecular complexity index is 367. The molecule has 1 aliphatic rings. The summed E-state index contributed by atoms with van der Waals surface area (Å²) in [5, 5.41) is 0. The highest BCUT2D eigenvalue weighted by molar-refractivity contribution is 5.37. The van der Waals surface area contributed by atoms with E-state index in [9.17, 15) is 8.78 Å². The van der Waals surface area contributed by atoms with Crippen LogP contribution >= 0.6 is 0 Å². The molecule has 2 atom stereocenters. The van der Waals surface area contributed by atoms with Gasteiger partial charge in [0.15, 0.2) is 0 Å². The van der Waals surface area contributed by atoms with Gasteiger partial charge in [0.25, 0.3) is 5.92 Å². The zero-order chi connectivity index (χ0) is 11.1. The van der Waals surface area contributed by atoms with Gasteiger partial charge in [0.2, 0.25) is 0 Å². The van der Waals surface area contributed by atoms with E-state index in [0.717, 1.165) is 0 Å². The van der Waals surface area contributed by atoms with Crippen LogP contribution in [0.4, 0.5) is 8.78 Å². The molecule has 0 spiro atoms. The Balaban J connectivity index is 2.24. The first-order valence-electron chi connectivity index (χ1n) is 4.83. The Labute approximate surface area is 87.0 Å². The average Bonchev–Trinajstić information content (AvgIpc) is 2.80. The first-order chi connectivity index (χ1) is 7.11. The fraction of sp³-hybridized carbons (Fsp3) is 0.455. The number of halogens is 2. The van der Waals surface area contributed by atoms with Crippen LogP contribution in [-0.2, 0) is 0 Å². The van der Waals surface area contributed by atoms with E-state index in [2.05, 4.69) is 0 Å². The number of nitrogens with two attached hydrogens (primary N) is 1. The lowest BCUT2D eigenvalue weighted by Gasteiger charge is -2.02. The van der Waals surface area contributed by atoms with Crippen molar-refractivity contribution in [1.29, 1.82) is 0 Å². The molecule has 1 aliphatic carbocycles. The quantitative estimate of drug-likeness (QED) is 0.833. The summed E-state index contributed by atoms with van der Waals surface area (Å²) in [5.41, 5.74) is 5.90. The lowest BCUT2D eigenvalue weighted by Crippen LogP contribution is -2.06. The zero-order valence-corrected chi connectivity index (χ0v) is 8.41. The van der Waals surface area contributed by atoms with Gasteiger partial charge in [-0.25, -0.2) is 8.78 Å². The number of ether oxygens (including phenoxy) is 1. The average molecular weight is 213 g/mol. The van der Waals surface area contributed by atoms with Crippen molar-refractivity contribution in [3.05, 3.63) is 29.8 Å². The van der Waals surface area contributed by atoms with Crippen molar-refractivity contribution in [1.82, 2.24) is 0 Å². The molecule has 0 radical (unpaired) electrons. The van der Waals surface area contributed by atoms with Gasteiger partial charge in [-0.2, -0.15) is 0 Å². The molecule has 0 unspecified atom stereocenters. The van der Waals surface area contributed by atoms with Crippen molar-refractivity contribution in [3.63, 3.8) is 0 Å². The molecule has 1 aromatic carbocycles. The minimum absolute atomic E-state index is 0.0227. The van der Waals surface area contributed by atoms with Crippen molar-refractivity contribution in [2.24, 2.45) is 11.7 Å². The topological polar surface area (TPSA) is 35.2 Å². The van der Waals surface area contributed by atoms with Gasteiger partial charge in [0.1, 0.15) is 5.75 Å². The number of rotatable bonds is 3. The molecule has 0 amide bonds. The third-order valence-electron chi connectivity index (χ3n) is 2.91. The third kappa shape index (κ3) is 1.59. The molecule has 0 bridgehead atoms. The van der Waals surface area contributed by atoms with Crippen molar-refractivity contribution in [3.8, 4) is 5.75 Å². The maximum Gasteiger partial charge on any atom is 0.260 e. The standard InChI is InChI=1S/C11H13F2NO/c1-15-8-4-2-3-7(5-8)10-9(6-14)11(10,12)13/h2-5,9-10H,6,14H2,1H3/t9-,10-/m0/s1. The molecule has 0 aromatic heterocycles. The van der Waals surface area contributed by atoms with E-state index in [0.29, 0.717) is 11.3 Å². The highest BCUT2D eigenvalue weighted by Crippen LogP contribution is 2.61. The fourth-order valence-electron chi connectivity index (χ4n) is 1.97. The van der Waals surface area contributed by atoms with Crippen LogP contribution < -0.4 is 10.5 Å². The Kier molecular flexibility index (Phi) is 2.38. The molecule has 2 rings (SSSR count). The Morgan fingerprint density at radius 3 is 2.73 bits per heavy atom. The van der Waals surface area contributed by atoms with Gasteiger partial charge in [-0.3, -0.25) is 0 Å². The van der Waals surface area contributed by atoms with Gasteiger partial charge in [0, 0.05) is 12.5 Å². The van der Waals surface area contributed by atoms with Crippen LogP contribution in [-0.4, -0.2) is 19.6 Å². The molecule has 0 aliphatic heterocycles. The maximum atomic E-state index is 13.3. The van der Waals surface area contributed by atoms with Gasteiger partial charge in [0.05, 0.1) is 13.0 Å². The Morgan fingerprint density at radius 2 is 2.20 bits per heavy atom. The number of methoxy groups -OCH3 is 1. The van der Waals surface area contributed by atoms with E-state index < -0.39 is 17.8 Å². The van der Waals surface area contributed by atoms with Crippen LogP contribution in [0, 0.1) is 5.92 Å². The third-order valence-corrected chi connectivity index (χ3v) is 2.91. The van der Waals surface area contributed by atoms with Gasteiger partial charge < -0.3 is 10.5 Å². The molecule has 4 heteroatoms. The summed E-state index contributed by atoms with van der Waals surface area (Å²) in [6.45, 7) is 0.0227. The van der Waals surface area contributed by atoms with Crippen LogP contribution in [0.1, 0.15) is 11.5 Å². The molecular weight excluding hydrogens is 200 g/mol. The van der Waals surface area contributed by atoms with Gasteiger partial charge in [-0.05, 0) is 17.7 Å². The van der Waals surface area contributed by atoms with Crippen molar-refractivity contribution in [2.75, 3.05) is 13.7 Å². The van der Waals surface area contributed by atoms with Gasteiger partial charge in [-0.15, -0.1) is 0 Å². The van der Waals surface area contributed by atoms with E-state index in [1.54, 1.807) is 24.3 Å². The molecule has 82 valence electrons. The second kappa shape index (κ2) is 3.45. The van der Waals surface area contributed by atoms with E-state index in [1.807, 2.05) is 0 Å². The lowest BCUT2D eigenvalue weighted by atomic mass is 10.1. The summed E-state index contributed by atoms with van der Waals surface area (Å²) in [6.07, 6.45) is 0. The lowest BCUT2D eigenvalue weighted by molar-refractivity contribution is 0.0947. The van der Waals surface area contributed by atoms with Crippen LogP contribution in [0.3, 0.4) is 0 Å². The Hall–Kier alpha value is -1.16. The molecule has 1 aromatic rings. The van der Waals surface area contributed by atoms with Crippen molar-refractivity contribution >= 4 is 0 Å². The zero-order valence-electron chi connectivity index (χ0n) is 8.41. The largest absolute Gasteiger partial charge is 0.497 e. The first-order valence-corrected chi connectivity index (χ1v) is 4.83. The van der Waals surface area contributed by atoms with Gasteiger partial charge in [-0.1, -0.05) is 12.1 Å². The van der Waals surface area contributed by atoms with Crippen LogP contribution in [0.25, 0.3) is 0 Å². The van der Waals surface area contributed by atoms with Crippen LogP contribution in [0.15, 0.2) is 24.3 Å². The minimum atomic E-state index is -2.65. The SMILES string of the molecule is COc1cccc([C@H]2[C@H](CN)C2(F)F)c1. The monoisotopic (exact) mass is 213 g/mol. The summed E-state index contributed by atoms with van der Waals surface area (Å²) in [5.74, 6) is -3.51.